The molecule has 0 radical (unpaired) electrons. The maximum absolute atomic E-state index is 12.9. The number of hydrogen-bond donors (Lipinski definition) is 2. The third-order valence-corrected chi connectivity index (χ3v) is 5.33. The molecule has 1 aliphatic rings. The van der Waals surface area contributed by atoms with Crippen molar-refractivity contribution in [3.63, 3.8) is 0 Å². The average Bonchev–Trinajstić information content (AvgIpc) is 2.70. The molecular weight excluding hydrogens is 394 g/mol. The molecule has 1 atom stereocenters. The van der Waals surface area contributed by atoms with Gasteiger partial charge in [-0.15, -0.1) is 0 Å². The van der Waals surface area contributed by atoms with Crippen molar-refractivity contribution in [3.05, 3.63) is 34.9 Å². The Kier molecular flexibility index (Phi) is 8.92. The molecule has 160 valence electrons. The van der Waals surface area contributed by atoms with Crippen LogP contribution in [0.2, 0.25) is 5.02 Å². The van der Waals surface area contributed by atoms with Crippen molar-refractivity contribution < 1.29 is 19.1 Å². The van der Waals surface area contributed by atoms with Crippen LogP contribution >= 0.6 is 11.6 Å². The van der Waals surface area contributed by atoms with Gasteiger partial charge in [0.1, 0.15) is 12.6 Å². The van der Waals surface area contributed by atoms with E-state index in [2.05, 4.69) is 10.6 Å². The third kappa shape index (κ3) is 6.72. The molecule has 0 saturated carbocycles. The first-order valence-corrected chi connectivity index (χ1v) is 10.3. The second kappa shape index (κ2) is 11.2. The number of amides is 3. The van der Waals surface area contributed by atoms with E-state index in [0.29, 0.717) is 49.0 Å². The van der Waals surface area contributed by atoms with E-state index in [9.17, 15) is 14.4 Å². The Balaban J connectivity index is 2.09. The van der Waals surface area contributed by atoms with Gasteiger partial charge in [-0.1, -0.05) is 37.6 Å². The number of nitrogens with zero attached hydrogens (tertiary/aromatic N) is 1. The number of carbonyl (C=O) groups is 3. The standard InChI is InChI=1S/C21H30ClN3O4/c1-14(2)12-23-21(28)19(24-20(27)16-6-4-5-7-17(16)22)15-8-10-25(11-9-15)18(26)13-29-3/h4-7,14-15,19H,8-13H2,1-3H3,(H,23,28)(H,24,27)/t19-/m1/s1. The molecule has 0 spiro atoms. The van der Waals surface area contributed by atoms with Gasteiger partial charge in [0.25, 0.3) is 5.91 Å². The Morgan fingerprint density at radius 3 is 2.45 bits per heavy atom. The van der Waals surface area contributed by atoms with Crippen molar-refractivity contribution >= 4 is 29.3 Å². The van der Waals surface area contributed by atoms with Crippen molar-refractivity contribution in [2.45, 2.75) is 32.7 Å². The first-order valence-electron chi connectivity index (χ1n) is 9.93. The predicted molar refractivity (Wildman–Crippen MR) is 112 cm³/mol. The molecule has 0 aromatic heterocycles. The van der Waals surface area contributed by atoms with Gasteiger partial charge in [0, 0.05) is 26.7 Å². The normalized spacial score (nSPS) is 15.8. The van der Waals surface area contributed by atoms with Crippen LogP contribution in [0, 0.1) is 11.8 Å². The summed E-state index contributed by atoms with van der Waals surface area (Å²) in [6.45, 7) is 5.66. The van der Waals surface area contributed by atoms with Gasteiger partial charge in [0.05, 0.1) is 10.6 Å². The molecule has 3 amide bonds. The van der Waals surface area contributed by atoms with Gasteiger partial charge in [-0.25, -0.2) is 0 Å². The highest BCUT2D eigenvalue weighted by Crippen LogP contribution is 2.23. The van der Waals surface area contributed by atoms with Crippen molar-refractivity contribution in [2.24, 2.45) is 11.8 Å². The lowest BCUT2D eigenvalue weighted by Gasteiger charge is -2.35. The lowest BCUT2D eigenvalue weighted by molar-refractivity contribution is -0.136. The van der Waals surface area contributed by atoms with E-state index in [-0.39, 0.29) is 30.2 Å². The minimum atomic E-state index is -0.683. The van der Waals surface area contributed by atoms with Crippen LogP contribution in [0.4, 0.5) is 0 Å². The number of benzene rings is 1. The molecule has 1 heterocycles. The van der Waals surface area contributed by atoms with Gasteiger partial charge in [0.2, 0.25) is 11.8 Å². The first kappa shape index (κ1) is 23.2. The number of carbonyl (C=O) groups excluding carboxylic acids is 3. The molecule has 2 N–H and O–H groups in total. The molecule has 2 rings (SSSR count). The Bertz CT molecular complexity index is 718. The molecule has 0 bridgehead atoms. The highest BCUT2D eigenvalue weighted by atomic mass is 35.5. The number of halogens is 1. The van der Waals surface area contributed by atoms with Crippen LogP contribution in [0.3, 0.4) is 0 Å². The summed E-state index contributed by atoms with van der Waals surface area (Å²) in [5, 5.41) is 6.13. The monoisotopic (exact) mass is 423 g/mol. The predicted octanol–water partition coefficient (Wildman–Crippen LogP) is 2.10. The minimum Gasteiger partial charge on any atom is -0.375 e. The second-order valence-electron chi connectivity index (χ2n) is 7.72. The van der Waals surface area contributed by atoms with Crippen molar-refractivity contribution in [2.75, 3.05) is 33.4 Å². The van der Waals surface area contributed by atoms with E-state index in [1.165, 1.54) is 7.11 Å². The largest absolute Gasteiger partial charge is 0.375 e. The molecule has 1 aromatic rings. The summed E-state index contributed by atoms with van der Waals surface area (Å²) >= 11 is 6.14. The van der Waals surface area contributed by atoms with E-state index in [4.69, 9.17) is 16.3 Å². The Morgan fingerprint density at radius 2 is 1.86 bits per heavy atom. The maximum Gasteiger partial charge on any atom is 0.253 e. The third-order valence-electron chi connectivity index (χ3n) is 5.00. The van der Waals surface area contributed by atoms with Crippen LogP contribution in [-0.4, -0.2) is 62.0 Å². The fourth-order valence-corrected chi connectivity index (χ4v) is 3.59. The van der Waals surface area contributed by atoms with E-state index >= 15 is 0 Å². The van der Waals surface area contributed by atoms with Gasteiger partial charge >= 0.3 is 0 Å². The van der Waals surface area contributed by atoms with Crippen LogP contribution < -0.4 is 10.6 Å². The highest BCUT2D eigenvalue weighted by Gasteiger charge is 2.34. The lowest BCUT2D eigenvalue weighted by Crippen LogP contribution is -2.54. The van der Waals surface area contributed by atoms with Crippen molar-refractivity contribution in [1.82, 2.24) is 15.5 Å². The summed E-state index contributed by atoms with van der Waals surface area (Å²) in [6, 6.07) is 6.07. The van der Waals surface area contributed by atoms with Gasteiger partial charge in [0.15, 0.2) is 0 Å². The summed E-state index contributed by atoms with van der Waals surface area (Å²) < 4.78 is 4.91. The molecule has 1 aliphatic heterocycles. The van der Waals surface area contributed by atoms with Crippen LogP contribution in [0.25, 0.3) is 0 Å². The molecule has 1 fully saturated rings. The molecule has 1 saturated heterocycles. The van der Waals surface area contributed by atoms with E-state index in [0.717, 1.165) is 0 Å². The summed E-state index contributed by atoms with van der Waals surface area (Å²) in [5.41, 5.74) is 0.337. The Morgan fingerprint density at radius 1 is 1.21 bits per heavy atom. The fraction of sp³-hybridized carbons (Fsp3) is 0.571. The molecular formula is C21H30ClN3O4. The number of piperidine rings is 1. The SMILES string of the molecule is COCC(=O)N1CCC([C@@H](NC(=O)c2ccccc2Cl)C(=O)NCC(C)C)CC1. The van der Waals surface area contributed by atoms with Crippen LogP contribution in [0.15, 0.2) is 24.3 Å². The molecule has 0 aliphatic carbocycles. The molecule has 1 aromatic carbocycles. The Labute approximate surface area is 177 Å². The lowest BCUT2D eigenvalue weighted by atomic mass is 9.88. The summed E-state index contributed by atoms with van der Waals surface area (Å²) in [7, 11) is 1.49. The number of methoxy groups -OCH3 is 1. The fourth-order valence-electron chi connectivity index (χ4n) is 3.37. The van der Waals surface area contributed by atoms with Gasteiger partial charge in [-0.2, -0.15) is 0 Å². The van der Waals surface area contributed by atoms with Crippen LogP contribution in [0.1, 0.15) is 37.0 Å². The number of nitrogens with one attached hydrogen (secondary N) is 2. The van der Waals surface area contributed by atoms with Gasteiger partial charge in [-0.05, 0) is 36.8 Å². The maximum atomic E-state index is 12.9. The number of rotatable bonds is 8. The zero-order valence-electron chi connectivity index (χ0n) is 17.2. The zero-order chi connectivity index (χ0) is 21.4. The van der Waals surface area contributed by atoms with E-state index < -0.39 is 6.04 Å². The smallest absolute Gasteiger partial charge is 0.253 e. The number of ether oxygens (including phenoxy) is 1. The minimum absolute atomic E-state index is 0.0478. The topological polar surface area (TPSA) is 87.7 Å². The first-order chi connectivity index (χ1) is 13.8. The van der Waals surface area contributed by atoms with Crippen molar-refractivity contribution in [1.29, 1.82) is 0 Å². The molecule has 0 unspecified atom stereocenters. The second-order valence-corrected chi connectivity index (χ2v) is 8.13. The van der Waals surface area contributed by atoms with Gasteiger partial charge < -0.3 is 20.3 Å². The molecule has 29 heavy (non-hydrogen) atoms. The number of hydrogen-bond acceptors (Lipinski definition) is 4. The zero-order valence-corrected chi connectivity index (χ0v) is 18.0. The van der Waals surface area contributed by atoms with Crippen LogP contribution in [0.5, 0.6) is 0 Å². The Hall–Kier alpha value is -2.12. The summed E-state index contributed by atoms with van der Waals surface area (Å²) in [4.78, 5) is 39.4. The van der Waals surface area contributed by atoms with Gasteiger partial charge in [-0.3, -0.25) is 14.4 Å². The average molecular weight is 424 g/mol. The summed E-state index contributed by atoms with van der Waals surface area (Å²) in [5.74, 6) is -0.418. The van der Waals surface area contributed by atoms with Crippen molar-refractivity contribution in [3.8, 4) is 0 Å². The quantitative estimate of drug-likeness (QED) is 0.670. The highest BCUT2D eigenvalue weighted by molar-refractivity contribution is 6.33. The van der Waals surface area contributed by atoms with E-state index in [1.54, 1.807) is 29.2 Å². The van der Waals surface area contributed by atoms with Crippen LogP contribution in [-0.2, 0) is 14.3 Å². The van der Waals surface area contributed by atoms with E-state index in [1.807, 2.05) is 13.8 Å². The molecule has 7 nitrogen and oxygen atoms in total. The molecule has 8 heteroatoms. The number of likely N-dealkylation sites (tertiary alicyclic amines) is 1. The summed E-state index contributed by atoms with van der Waals surface area (Å²) in [6.07, 6.45) is 1.25.